The van der Waals surface area contributed by atoms with Crippen molar-refractivity contribution in [2.75, 3.05) is 11.9 Å². The zero-order valence-corrected chi connectivity index (χ0v) is 17.1. The number of sulfonamides is 1. The summed E-state index contributed by atoms with van der Waals surface area (Å²) in [5.74, 6) is -1.13. The summed E-state index contributed by atoms with van der Waals surface area (Å²) in [6.45, 7) is 0.629. The summed E-state index contributed by atoms with van der Waals surface area (Å²) in [5.41, 5.74) is 1.85. The van der Waals surface area contributed by atoms with E-state index in [2.05, 4.69) is 16.1 Å². The zero-order chi connectivity index (χ0) is 20.0. The molecule has 0 bridgehead atoms. The van der Waals surface area contributed by atoms with E-state index in [1.54, 1.807) is 6.07 Å². The number of allylic oxidation sites excluding steroid dienone is 1. The smallest absolute Gasteiger partial charge is 0.335 e. The molecule has 1 aromatic rings. The summed E-state index contributed by atoms with van der Waals surface area (Å²) in [7, 11) is -3.79. The van der Waals surface area contributed by atoms with Gasteiger partial charge in [0.1, 0.15) is 4.90 Å². The van der Waals surface area contributed by atoms with Gasteiger partial charge in [-0.2, -0.15) is 0 Å². The molecule has 154 valence electrons. The van der Waals surface area contributed by atoms with Crippen LogP contribution in [0.15, 0.2) is 34.7 Å². The minimum atomic E-state index is -3.79. The van der Waals surface area contributed by atoms with Crippen molar-refractivity contribution in [2.45, 2.75) is 75.1 Å². The molecule has 0 aromatic heterocycles. The van der Waals surface area contributed by atoms with Gasteiger partial charge in [0, 0.05) is 12.6 Å². The maximum atomic E-state index is 13.0. The highest BCUT2D eigenvalue weighted by Crippen LogP contribution is 2.26. The van der Waals surface area contributed by atoms with Crippen molar-refractivity contribution in [3.05, 3.63) is 35.4 Å². The van der Waals surface area contributed by atoms with Crippen molar-refractivity contribution >= 4 is 21.7 Å². The highest BCUT2D eigenvalue weighted by atomic mass is 32.2. The van der Waals surface area contributed by atoms with E-state index in [-0.39, 0.29) is 16.5 Å². The van der Waals surface area contributed by atoms with E-state index in [1.807, 2.05) is 0 Å². The number of nitrogens with one attached hydrogen (secondary N) is 2. The molecule has 2 aliphatic carbocycles. The van der Waals surface area contributed by atoms with Gasteiger partial charge < -0.3 is 10.4 Å². The number of aromatic carboxylic acids is 1. The average molecular weight is 407 g/mol. The van der Waals surface area contributed by atoms with E-state index in [9.17, 15) is 18.3 Å². The number of carbonyl (C=O) groups is 1. The first-order valence-electron chi connectivity index (χ1n) is 10.3. The summed E-state index contributed by atoms with van der Waals surface area (Å²) in [6, 6.07) is 4.20. The number of rotatable bonds is 8. The van der Waals surface area contributed by atoms with Gasteiger partial charge in [-0.05, 0) is 63.1 Å². The molecule has 7 heteroatoms. The Bertz CT molecular complexity index is 827. The second-order valence-electron chi connectivity index (χ2n) is 7.76. The molecule has 1 aromatic carbocycles. The second kappa shape index (κ2) is 9.56. The molecule has 0 unspecified atom stereocenters. The van der Waals surface area contributed by atoms with E-state index in [4.69, 9.17) is 0 Å². The molecule has 0 heterocycles. The van der Waals surface area contributed by atoms with E-state index >= 15 is 0 Å². The van der Waals surface area contributed by atoms with Gasteiger partial charge in [-0.15, -0.1) is 0 Å². The number of benzene rings is 1. The van der Waals surface area contributed by atoms with Gasteiger partial charge in [0.15, 0.2) is 0 Å². The van der Waals surface area contributed by atoms with Crippen molar-refractivity contribution in [1.82, 2.24) is 4.72 Å². The van der Waals surface area contributed by atoms with Crippen LogP contribution in [0.4, 0.5) is 5.69 Å². The summed E-state index contributed by atoms with van der Waals surface area (Å²) in [4.78, 5) is 11.4. The Labute approximate surface area is 167 Å². The van der Waals surface area contributed by atoms with Crippen LogP contribution in [-0.4, -0.2) is 32.1 Å². The molecular weight excluding hydrogens is 376 g/mol. The third kappa shape index (κ3) is 5.58. The Morgan fingerprint density at radius 2 is 1.89 bits per heavy atom. The topological polar surface area (TPSA) is 95.5 Å². The van der Waals surface area contributed by atoms with Crippen LogP contribution in [-0.2, 0) is 10.0 Å². The number of hydrogen-bond donors (Lipinski definition) is 3. The Kier molecular flexibility index (Phi) is 7.13. The lowest BCUT2D eigenvalue weighted by atomic mass is 9.96. The predicted octanol–water partition coefficient (Wildman–Crippen LogP) is 4.30. The lowest BCUT2D eigenvalue weighted by molar-refractivity contribution is 0.0696. The van der Waals surface area contributed by atoms with E-state index in [1.165, 1.54) is 30.5 Å². The Balaban J connectivity index is 1.76. The summed E-state index contributed by atoms with van der Waals surface area (Å²) < 4.78 is 28.8. The predicted molar refractivity (Wildman–Crippen MR) is 110 cm³/mol. The third-order valence-corrected chi connectivity index (χ3v) is 7.15. The SMILES string of the molecule is O=C(O)c1ccc(NCCC2=CCCCC2)c(S(=O)(=O)NC2CCCCC2)c1. The van der Waals surface area contributed by atoms with E-state index in [0.29, 0.717) is 12.2 Å². The van der Waals surface area contributed by atoms with Crippen LogP contribution in [0, 0.1) is 0 Å². The minimum Gasteiger partial charge on any atom is -0.478 e. The summed E-state index contributed by atoms with van der Waals surface area (Å²) in [5, 5.41) is 12.5. The maximum Gasteiger partial charge on any atom is 0.335 e. The molecule has 0 saturated heterocycles. The Morgan fingerprint density at radius 1 is 1.11 bits per heavy atom. The van der Waals surface area contributed by atoms with Gasteiger partial charge in [-0.1, -0.05) is 30.9 Å². The van der Waals surface area contributed by atoms with Crippen LogP contribution < -0.4 is 10.0 Å². The lowest BCUT2D eigenvalue weighted by Crippen LogP contribution is -2.36. The number of carboxylic acids is 1. The molecule has 1 fully saturated rings. The van der Waals surface area contributed by atoms with E-state index in [0.717, 1.165) is 51.4 Å². The highest BCUT2D eigenvalue weighted by Gasteiger charge is 2.25. The highest BCUT2D eigenvalue weighted by molar-refractivity contribution is 7.89. The molecule has 0 atom stereocenters. The van der Waals surface area contributed by atoms with Gasteiger partial charge in [0.05, 0.1) is 11.3 Å². The number of carboxylic acid groups (broad SMARTS) is 1. The molecule has 1 saturated carbocycles. The molecule has 2 aliphatic rings. The van der Waals surface area contributed by atoms with Crippen molar-refractivity contribution in [1.29, 1.82) is 0 Å². The summed E-state index contributed by atoms with van der Waals surface area (Å²) in [6.07, 6.45) is 12.6. The second-order valence-corrected chi connectivity index (χ2v) is 9.44. The van der Waals surface area contributed by atoms with E-state index < -0.39 is 16.0 Å². The fourth-order valence-electron chi connectivity index (χ4n) is 4.02. The molecule has 0 amide bonds. The molecule has 0 aliphatic heterocycles. The minimum absolute atomic E-state index is 0.0236. The quantitative estimate of drug-likeness (QED) is 0.560. The van der Waals surface area contributed by atoms with Crippen molar-refractivity contribution in [3.8, 4) is 0 Å². The molecule has 0 radical (unpaired) electrons. The molecule has 28 heavy (non-hydrogen) atoms. The molecule has 0 spiro atoms. The van der Waals surface area contributed by atoms with Crippen molar-refractivity contribution in [3.63, 3.8) is 0 Å². The molecular formula is C21H30N2O4S. The first-order valence-corrected chi connectivity index (χ1v) is 11.8. The maximum absolute atomic E-state index is 13.0. The third-order valence-electron chi connectivity index (χ3n) is 5.59. The number of hydrogen-bond acceptors (Lipinski definition) is 4. The standard InChI is InChI=1S/C21H30N2O4S/c24-21(25)17-11-12-19(22-14-13-16-7-3-1-4-8-16)20(15-17)28(26,27)23-18-9-5-2-6-10-18/h7,11-12,15,18,22-23H,1-6,8-10,13-14H2,(H,24,25). The van der Waals surface area contributed by atoms with Crippen LogP contribution in [0.3, 0.4) is 0 Å². The van der Waals surface area contributed by atoms with Crippen LogP contribution in [0.1, 0.15) is 74.6 Å². The van der Waals surface area contributed by atoms with Gasteiger partial charge in [0.25, 0.3) is 0 Å². The monoisotopic (exact) mass is 406 g/mol. The summed E-state index contributed by atoms with van der Waals surface area (Å²) >= 11 is 0. The van der Waals surface area contributed by atoms with Gasteiger partial charge in [-0.25, -0.2) is 17.9 Å². The normalized spacial score (nSPS) is 18.5. The zero-order valence-electron chi connectivity index (χ0n) is 16.2. The van der Waals surface area contributed by atoms with Crippen molar-refractivity contribution < 1.29 is 18.3 Å². The first-order chi connectivity index (χ1) is 13.5. The van der Waals surface area contributed by atoms with Gasteiger partial charge in [0.2, 0.25) is 10.0 Å². The fraction of sp³-hybridized carbons (Fsp3) is 0.571. The van der Waals surface area contributed by atoms with Crippen LogP contribution in [0.5, 0.6) is 0 Å². The fourth-order valence-corrected chi connectivity index (χ4v) is 5.53. The van der Waals surface area contributed by atoms with Crippen molar-refractivity contribution in [2.24, 2.45) is 0 Å². The largest absolute Gasteiger partial charge is 0.478 e. The molecule has 6 nitrogen and oxygen atoms in total. The Morgan fingerprint density at radius 3 is 2.57 bits per heavy atom. The molecule has 3 rings (SSSR count). The van der Waals surface area contributed by atoms with Crippen LogP contribution >= 0.6 is 0 Å². The number of anilines is 1. The van der Waals surface area contributed by atoms with Gasteiger partial charge >= 0.3 is 5.97 Å². The van der Waals surface area contributed by atoms with Gasteiger partial charge in [-0.3, -0.25) is 0 Å². The van der Waals surface area contributed by atoms with Crippen LogP contribution in [0.25, 0.3) is 0 Å². The first kappa shape index (κ1) is 20.9. The lowest BCUT2D eigenvalue weighted by Gasteiger charge is -2.23. The molecule has 3 N–H and O–H groups in total. The van der Waals surface area contributed by atoms with Crippen LogP contribution in [0.2, 0.25) is 0 Å². The Hall–Kier alpha value is -1.86. The average Bonchev–Trinajstić information content (AvgIpc) is 2.69.